The van der Waals surface area contributed by atoms with E-state index in [9.17, 15) is 23.8 Å². The van der Waals surface area contributed by atoms with Crippen LogP contribution in [-0.4, -0.2) is 59.9 Å². The minimum absolute atomic E-state index is 0.170. The number of phosphoric acid groups is 1. The van der Waals surface area contributed by atoms with E-state index >= 15 is 0 Å². The van der Waals surface area contributed by atoms with Gasteiger partial charge in [-0.15, -0.1) is 0 Å². The number of hydrogen-bond acceptors (Lipinski definition) is 9. The van der Waals surface area contributed by atoms with E-state index in [0.717, 1.165) is 38.5 Å². The van der Waals surface area contributed by atoms with Gasteiger partial charge in [-0.3, -0.25) is 23.4 Å². The number of hydrogen-bond donors (Lipinski definition) is 3. The fourth-order valence-electron chi connectivity index (χ4n) is 7.95. The van der Waals surface area contributed by atoms with Crippen LogP contribution in [0.3, 0.4) is 0 Å². The zero-order valence-corrected chi connectivity index (χ0v) is 41.8. The first-order valence-electron chi connectivity index (χ1n) is 26.6. The number of esters is 2. The third-order valence-electron chi connectivity index (χ3n) is 12.1. The lowest BCUT2D eigenvalue weighted by Crippen LogP contribution is -2.34. The van der Waals surface area contributed by atoms with Crippen molar-refractivity contribution in [2.45, 2.75) is 289 Å². The van der Waals surface area contributed by atoms with E-state index in [1.807, 2.05) is 0 Å². The highest BCUT2D eigenvalue weighted by Gasteiger charge is 2.28. The molecular weight excluding hydrogens is 818 g/mol. The van der Waals surface area contributed by atoms with Crippen LogP contribution in [0.1, 0.15) is 277 Å². The Balaban J connectivity index is 4.17. The van der Waals surface area contributed by atoms with Crippen LogP contribution in [0.4, 0.5) is 0 Å². The topological polar surface area (TPSA) is 172 Å². The second-order valence-electron chi connectivity index (χ2n) is 18.4. The largest absolute Gasteiger partial charge is 0.480 e. The standard InChI is InChI=1S/C51H100NO10P/c1-3-5-7-9-11-13-15-17-19-21-23-24-25-27-29-31-33-35-37-39-41-43-50(54)62-47(45-60-63(57,58)61-46-48(52)51(55)56)44-59-49(53)42-40-38-36-34-32-30-28-26-22-20-18-16-14-12-10-8-6-4-2/h47-48H,3-46,52H2,1-2H3,(H,55,56)(H,57,58)/t47-,48+/m1/s1. The monoisotopic (exact) mass is 918 g/mol. The Morgan fingerprint density at radius 3 is 1.00 bits per heavy atom. The molecule has 0 fully saturated rings. The number of carboxylic acid groups (broad SMARTS) is 1. The second kappa shape index (κ2) is 47.0. The summed E-state index contributed by atoms with van der Waals surface area (Å²) in [6.07, 6.45) is 48.8. The Bertz CT molecular complexity index is 1080. The number of ether oxygens (including phenoxy) is 2. The van der Waals surface area contributed by atoms with Gasteiger partial charge in [0.25, 0.3) is 0 Å². The molecule has 0 bridgehead atoms. The van der Waals surface area contributed by atoms with Crippen LogP contribution in [0, 0.1) is 0 Å². The van der Waals surface area contributed by atoms with Gasteiger partial charge in [-0.1, -0.05) is 251 Å². The lowest BCUT2D eigenvalue weighted by molar-refractivity contribution is -0.161. The lowest BCUT2D eigenvalue weighted by atomic mass is 10.0. The predicted octanol–water partition coefficient (Wildman–Crippen LogP) is 15.0. The van der Waals surface area contributed by atoms with Crippen LogP contribution in [-0.2, 0) is 37.5 Å². The number of carboxylic acids is 1. The third-order valence-corrected chi connectivity index (χ3v) is 13.1. The molecule has 0 saturated carbocycles. The molecule has 1 unspecified atom stereocenters. The Morgan fingerprint density at radius 2 is 0.698 bits per heavy atom. The van der Waals surface area contributed by atoms with E-state index < -0.39 is 51.1 Å². The molecule has 12 heteroatoms. The van der Waals surface area contributed by atoms with E-state index in [1.165, 1.54) is 199 Å². The molecule has 0 aliphatic rings. The third kappa shape index (κ3) is 46.8. The number of nitrogens with two attached hydrogens (primary N) is 1. The van der Waals surface area contributed by atoms with Crippen molar-refractivity contribution >= 4 is 25.7 Å². The molecule has 374 valence electrons. The average Bonchev–Trinajstić information content (AvgIpc) is 3.26. The molecule has 0 spiro atoms. The molecular formula is C51H100NO10P. The first-order valence-corrected chi connectivity index (χ1v) is 28.1. The molecule has 0 aromatic carbocycles. The first kappa shape index (κ1) is 61.5. The second-order valence-corrected chi connectivity index (χ2v) is 19.8. The van der Waals surface area contributed by atoms with Gasteiger partial charge < -0.3 is 25.2 Å². The zero-order valence-electron chi connectivity index (χ0n) is 41.0. The number of rotatable bonds is 51. The van der Waals surface area contributed by atoms with Crippen molar-refractivity contribution in [2.75, 3.05) is 19.8 Å². The van der Waals surface area contributed by atoms with Crippen molar-refractivity contribution in [3.05, 3.63) is 0 Å². The van der Waals surface area contributed by atoms with Gasteiger partial charge in [-0.25, -0.2) is 4.57 Å². The number of carbonyl (C=O) groups excluding carboxylic acids is 2. The van der Waals surface area contributed by atoms with Crippen molar-refractivity contribution in [3.63, 3.8) is 0 Å². The summed E-state index contributed by atoms with van der Waals surface area (Å²) < 4.78 is 32.9. The highest BCUT2D eigenvalue weighted by molar-refractivity contribution is 7.47. The summed E-state index contributed by atoms with van der Waals surface area (Å²) in [5.41, 5.74) is 5.36. The normalized spacial score (nSPS) is 13.5. The molecule has 4 N–H and O–H groups in total. The molecule has 0 heterocycles. The quantitative estimate of drug-likeness (QED) is 0.0301. The highest BCUT2D eigenvalue weighted by Crippen LogP contribution is 2.43. The van der Waals surface area contributed by atoms with Crippen molar-refractivity contribution in [1.29, 1.82) is 0 Å². The van der Waals surface area contributed by atoms with E-state index in [-0.39, 0.29) is 19.4 Å². The summed E-state index contributed by atoms with van der Waals surface area (Å²) in [5, 5.41) is 8.92. The van der Waals surface area contributed by atoms with Crippen molar-refractivity contribution < 1.29 is 47.5 Å². The van der Waals surface area contributed by atoms with Crippen molar-refractivity contribution in [1.82, 2.24) is 0 Å². The van der Waals surface area contributed by atoms with Crippen LogP contribution in [0.25, 0.3) is 0 Å². The smallest absolute Gasteiger partial charge is 0.472 e. The molecule has 3 atom stereocenters. The van der Waals surface area contributed by atoms with Gasteiger partial charge in [0.1, 0.15) is 12.6 Å². The Hall–Kier alpha value is -1.52. The average molecular weight is 918 g/mol. The Kier molecular flexibility index (Phi) is 45.9. The van der Waals surface area contributed by atoms with E-state index in [0.29, 0.717) is 12.8 Å². The van der Waals surface area contributed by atoms with Gasteiger partial charge in [0.05, 0.1) is 13.2 Å². The fraction of sp³-hybridized carbons (Fsp3) is 0.941. The van der Waals surface area contributed by atoms with Gasteiger partial charge in [-0.2, -0.15) is 0 Å². The number of phosphoric ester groups is 1. The maximum Gasteiger partial charge on any atom is 0.472 e. The van der Waals surface area contributed by atoms with Gasteiger partial charge in [-0.05, 0) is 12.8 Å². The van der Waals surface area contributed by atoms with Crippen LogP contribution in [0.2, 0.25) is 0 Å². The molecule has 0 aliphatic carbocycles. The van der Waals surface area contributed by atoms with Crippen molar-refractivity contribution in [3.8, 4) is 0 Å². The SMILES string of the molecule is CCCCCCCCCCCCCCCCCCCCCCCC(=O)O[C@H](COC(=O)CCCCCCCCCCCCCCCCCCCC)COP(=O)(O)OC[C@H](N)C(=O)O. The molecule has 0 aromatic rings. The van der Waals surface area contributed by atoms with Crippen LogP contribution in [0.5, 0.6) is 0 Å². The van der Waals surface area contributed by atoms with E-state index in [4.69, 9.17) is 29.4 Å². The van der Waals surface area contributed by atoms with E-state index in [2.05, 4.69) is 13.8 Å². The summed E-state index contributed by atoms with van der Waals surface area (Å²) in [5.74, 6) is -2.35. The number of aliphatic carboxylic acids is 1. The maximum atomic E-state index is 12.7. The van der Waals surface area contributed by atoms with E-state index in [1.54, 1.807) is 0 Å². The molecule has 63 heavy (non-hydrogen) atoms. The molecule has 0 saturated heterocycles. The molecule has 0 aromatic heterocycles. The van der Waals surface area contributed by atoms with Gasteiger partial charge in [0.2, 0.25) is 0 Å². The fourth-order valence-corrected chi connectivity index (χ4v) is 8.73. The molecule has 11 nitrogen and oxygen atoms in total. The molecule has 0 rings (SSSR count). The lowest BCUT2D eigenvalue weighted by Gasteiger charge is -2.20. The number of unbranched alkanes of at least 4 members (excludes halogenated alkanes) is 37. The first-order chi connectivity index (χ1) is 30.6. The van der Waals surface area contributed by atoms with Crippen LogP contribution >= 0.6 is 7.82 Å². The van der Waals surface area contributed by atoms with Crippen LogP contribution < -0.4 is 5.73 Å². The van der Waals surface area contributed by atoms with Crippen LogP contribution in [0.15, 0.2) is 0 Å². The summed E-state index contributed by atoms with van der Waals surface area (Å²) in [6.45, 7) is 2.88. The van der Waals surface area contributed by atoms with Gasteiger partial charge in [0, 0.05) is 12.8 Å². The summed E-state index contributed by atoms with van der Waals surface area (Å²) in [7, 11) is -4.71. The molecule has 0 aliphatic heterocycles. The summed E-state index contributed by atoms with van der Waals surface area (Å²) in [4.78, 5) is 46.2. The summed E-state index contributed by atoms with van der Waals surface area (Å²) in [6, 6.07) is -1.52. The van der Waals surface area contributed by atoms with Gasteiger partial charge in [0.15, 0.2) is 6.10 Å². The summed E-state index contributed by atoms with van der Waals surface area (Å²) >= 11 is 0. The minimum atomic E-state index is -4.71. The zero-order chi connectivity index (χ0) is 46.3. The van der Waals surface area contributed by atoms with Crippen molar-refractivity contribution in [2.24, 2.45) is 5.73 Å². The molecule has 0 amide bonds. The maximum absolute atomic E-state index is 12.7. The Morgan fingerprint density at radius 1 is 0.429 bits per heavy atom. The predicted molar refractivity (Wildman–Crippen MR) is 259 cm³/mol. The minimum Gasteiger partial charge on any atom is -0.480 e. The molecule has 0 radical (unpaired) electrons. The number of carbonyl (C=O) groups is 3. The van der Waals surface area contributed by atoms with Gasteiger partial charge >= 0.3 is 25.7 Å². The Labute approximate surface area is 386 Å². The highest BCUT2D eigenvalue weighted by atomic mass is 31.2.